The molecule has 1 aliphatic rings. The standard InChI is InChI=1S/C17H33NO3/c1-13(2)7-6-11-21-12-9-15-8-5-10-17(15,16(19)20)18-14(3)4/h13-15,18H,5-12H2,1-4H3,(H,19,20). The van der Waals surface area contributed by atoms with Crippen molar-refractivity contribution in [2.24, 2.45) is 11.8 Å². The minimum absolute atomic E-state index is 0.183. The van der Waals surface area contributed by atoms with Gasteiger partial charge in [0.05, 0.1) is 0 Å². The summed E-state index contributed by atoms with van der Waals surface area (Å²) in [4.78, 5) is 11.8. The molecule has 0 aliphatic heterocycles. The van der Waals surface area contributed by atoms with Crippen LogP contribution < -0.4 is 5.32 Å². The summed E-state index contributed by atoms with van der Waals surface area (Å²) in [6.45, 7) is 9.94. The number of carbonyl (C=O) groups is 1. The molecule has 2 N–H and O–H groups in total. The van der Waals surface area contributed by atoms with E-state index in [1.165, 1.54) is 6.42 Å². The van der Waals surface area contributed by atoms with Crippen LogP contribution in [0.1, 0.15) is 66.2 Å². The summed E-state index contributed by atoms with van der Waals surface area (Å²) in [5, 5.41) is 13.0. The smallest absolute Gasteiger partial charge is 0.324 e. The Morgan fingerprint density at radius 2 is 2.05 bits per heavy atom. The van der Waals surface area contributed by atoms with Crippen LogP contribution in [0.4, 0.5) is 0 Å². The van der Waals surface area contributed by atoms with E-state index in [9.17, 15) is 9.90 Å². The molecule has 0 aromatic carbocycles. The molecule has 2 unspecified atom stereocenters. The van der Waals surface area contributed by atoms with Crippen molar-refractivity contribution < 1.29 is 14.6 Å². The fourth-order valence-corrected chi connectivity index (χ4v) is 3.44. The number of rotatable bonds is 10. The maximum Gasteiger partial charge on any atom is 0.324 e. The summed E-state index contributed by atoms with van der Waals surface area (Å²) in [7, 11) is 0. The molecule has 1 rings (SSSR count). The lowest BCUT2D eigenvalue weighted by Gasteiger charge is -2.34. The molecule has 4 heteroatoms. The van der Waals surface area contributed by atoms with Gasteiger partial charge in [-0.2, -0.15) is 0 Å². The number of aliphatic carboxylic acids is 1. The molecule has 1 fully saturated rings. The summed E-state index contributed by atoms with van der Waals surface area (Å²) in [5.74, 6) is 0.208. The summed E-state index contributed by atoms with van der Waals surface area (Å²) < 4.78 is 5.70. The quantitative estimate of drug-likeness (QED) is 0.607. The van der Waals surface area contributed by atoms with Crippen LogP contribution in [-0.2, 0) is 9.53 Å². The van der Waals surface area contributed by atoms with Gasteiger partial charge in [0.2, 0.25) is 0 Å². The van der Waals surface area contributed by atoms with Crippen molar-refractivity contribution in [3.8, 4) is 0 Å². The zero-order chi connectivity index (χ0) is 15.9. The van der Waals surface area contributed by atoms with Gasteiger partial charge in [0, 0.05) is 19.3 Å². The molecule has 1 aliphatic carbocycles. The van der Waals surface area contributed by atoms with E-state index in [4.69, 9.17) is 4.74 Å². The maximum atomic E-state index is 11.8. The summed E-state index contributed by atoms with van der Waals surface area (Å²) in [6, 6.07) is 0.189. The van der Waals surface area contributed by atoms with Crippen molar-refractivity contribution in [3.05, 3.63) is 0 Å². The van der Waals surface area contributed by atoms with E-state index in [1.54, 1.807) is 0 Å². The van der Waals surface area contributed by atoms with Crippen molar-refractivity contribution >= 4 is 5.97 Å². The third-order valence-electron chi connectivity index (χ3n) is 4.43. The summed E-state index contributed by atoms with van der Waals surface area (Å²) >= 11 is 0. The third-order valence-corrected chi connectivity index (χ3v) is 4.43. The maximum absolute atomic E-state index is 11.8. The molecule has 0 aromatic rings. The van der Waals surface area contributed by atoms with Crippen LogP contribution >= 0.6 is 0 Å². The van der Waals surface area contributed by atoms with Crippen molar-refractivity contribution in [1.82, 2.24) is 5.32 Å². The predicted octanol–water partition coefficient (Wildman–Crippen LogP) is 3.45. The minimum atomic E-state index is -0.741. The largest absolute Gasteiger partial charge is 0.480 e. The van der Waals surface area contributed by atoms with Crippen LogP contribution in [0.2, 0.25) is 0 Å². The van der Waals surface area contributed by atoms with Gasteiger partial charge in [0.25, 0.3) is 0 Å². The number of ether oxygens (including phenoxy) is 1. The Labute approximate surface area is 129 Å². The molecule has 1 saturated carbocycles. The SMILES string of the molecule is CC(C)CCCOCCC1CCCC1(NC(C)C)C(=O)O. The van der Waals surface area contributed by atoms with Gasteiger partial charge in [0.15, 0.2) is 0 Å². The number of carboxylic acids is 1. The first kappa shape index (κ1) is 18.4. The van der Waals surface area contributed by atoms with Crippen molar-refractivity contribution in [2.45, 2.75) is 77.8 Å². The number of carboxylic acid groups (broad SMARTS) is 1. The fraction of sp³-hybridized carbons (Fsp3) is 0.941. The Bertz CT molecular complexity index is 317. The Balaban J connectivity index is 2.39. The van der Waals surface area contributed by atoms with E-state index in [-0.39, 0.29) is 12.0 Å². The molecule has 0 aromatic heterocycles. The van der Waals surface area contributed by atoms with Crippen molar-refractivity contribution in [1.29, 1.82) is 0 Å². The lowest BCUT2D eigenvalue weighted by molar-refractivity contribution is -0.147. The van der Waals surface area contributed by atoms with Gasteiger partial charge in [-0.05, 0) is 57.8 Å². The molecule has 0 amide bonds. The first-order valence-corrected chi connectivity index (χ1v) is 8.47. The molecular formula is C17H33NO3. The van der Waals surface area contributed by atoms with E-state index >= 15 is 0 Å². The van der Waals surface area contributed by atoms with Crippen LogP contribution in [0, 0.1) is 11.8 Å². The summed E-state index contributed by atoms with van der Waals surface area (Å²) in [6.07, 6.45) is 5.84. The van der Waals surface area contributed by atoms with Crippen LogP contribution in [-0.4, -0.2) is 35.9 Å². The normalized spacial score (nSPS) is 25.9. The zero-order valence-corrected chi connectivity index (χ0v) is 14.2. The average Bonchev–Trinajstić information content (AvgIpc) is 2.76. The molecule has 0 radical (unpaired) electrons. The number of hydrogen-bond donors (Lipinski definition) is 2. The Morgan fingerprint density at radius 1 is 1.33 bits per heavy atom. The molecule has 0 saturated heterocycles. The van der Waals surface area contributed by atoms with Crippen LogP contribution in [0.15, 0.2) is 0 Å². The van der Waals surface area contributed by atoms with Gasteiger partial charge in [-0.15, -0.1) is 0 Å². The molecule has 0 heterocycles. The Hall–Kier alpha value is -0.610. The monoisotopic (exact) mass is 299 g/mol. The Morgan fingerprint density at radius 3 is 2.62 bits per heavy atom. The van der Waals surface area contributed by atoms with Crippen LogP contribution in [0.5, 0.6) is 0 Å². The van der Waals surface area contributed by atoms with E-state index in [2.05, 4.69) is 19.2 Å². The highest BCUT2D eigenvalue weighted by atomic mass is 16.5. The molecule has 2 atom stereocenters. The summed E-state index contributed by atoms with van der Waals surface area (Å²) in [5.41, 5.74) is -0.741. The molecule has 0 bridgehead atoms. The number of nitrogens with one attached hydrogen (secondary N) is 1. The highest BCUT2D eigenvalue weighted by Gasteiger charge is 2.48. The lowest BCUT2D eigenvalue weighted by Crippen LogP contribution is -2.57. The second-order valence-corrected chi connectivity index (χ2v) is 7.10. The van der Waals surface area contributed by atoms with Gasteiger partial charge in [-0.1, -0.05) is 20.3 Å². The van der Waals surface area contributed by atoms with Crippen LogP contribution in [0.25, 0.3) is 0 Å². The van der Waals surface area contributed by atoms with Gasteiger partial charge in [-0.25, -0.2) is 0 Å². The van der Waals surface area contributed by atoms with Crippen LogP contribution in [0.3, 0.4) is 0 Å². The van der Waals surface area contributed by atoms with Gasteiger partial charge < -0.3 is 9.84 Å². The van der Waals surface area contributed by atoms with Gasteiger partial charge in [-0.3, -0.25) is 10.1 Å². The second-order valence-electron chi connectivity index (χ2n) is 7.10. The fourth-order valence-electron chi connectivity index (χ4n) is 3.44. The lowest BCUT2D eigenvalue weighted by atomic mass is 9.84. The molecular weight excluding hydrogens is 266 g/mol. The minimum Gasteiger partial charge on any atom is -0.480 e. The second kappa shape index (κ2) is 8.74. The van der Waals surface area contributed by atoms with Crippen molar-refractivity contribution in [3.63, 3.8) is 0 Å². The highest BCUT2D eigenvalue weighted by Crippen LogP contribution is 2.38. The van der Waals surface area contributed by atoms with E-state index in [1.807, 2.05) is 13.8 Å². The van der Waals surface area contributed by atoms with Gasteiger partial charge >= 0.3 is 5.97 Å². The number of hydrogen-bond acceptors (Lipinski definition) is 3. The Kier molecular flexibility index (Phi) is 7.67. The van der Waals surface area contributed by atoms with E-state index in [0.717, 1.165) is 44.6 Å². The topological polar surface area (TPSA) is 58.6 Å². The molecule has 4 nitrogen and oxygen atoms in total. The zero-order valence-electron chi connectivity index (χ0n) is 14.2. The van der Waals surface area contributed by atoms with E-state index < -0.39 is 11.5 Å². The van der Waals surface area contributed by atoms with Crippen molar-refractivity contribution in [2.75, 3.05) is 13.2 Å². The third kappa shape index (κ3) is 5.59. The first-order valence-electron chi connectivity index (χ1n) is 8.47. The molecule has 124 valence electrons. The highest BCUT2D eigenvalue weighted by molar-refractivity contribution is 5.79. The average molecular weight is 299 g/mol. The predicted molar refractivity (Wildman–Crippen MR) is 85.5 cm³/mol. The molecule has 0 spiro atoms. The van der Waals surface area contributed by atoms with Gasteiger partial charge in [0.1, 0.15) is 5.54 Å². The molecule has 21 heavy (non-hydrogen) atoms. The van der Waals surface area contributed by atoms with E-state index in [0.29, 0.717) is 6.61 Å². The first-order chi connectivity index (χ1) is 9.88.